The highest BCUT2D eigenvalue weighted by molar-refractivity contribution is 5.93. The molecule has 112 valence electrons. The number of hydrogen-bond acceptors (Lipinski definition) is 4. The molecule has 0 saturated carbocycles. The van der Waals surface area contributed by atoms with Crippen molar-refractivity contribution < 1.29 is 4.79 Å². The molecule has 0 atom stereocenters. The maximum Gasteiger partial charge on any atom is 0.343 e. The van der Waals surface area contributed by atoms with Crippen LogP contribution in [0.15, 0.2) is 11.0 Å². The van der Waals surface area contributed by atoms with Crippen molar-refractivity contribution in [2.45, 2.75) is 25.7 Å². The van der Waals surface area contributed by atoms with E-state index >= 15 is 0 Å². The minimum absolute atomic E-state index is 0.0145. The number of aryl methyl sites for hydroxylation is 1. The lowest BCUT2D eigenvalue weighted by Gasteiger charge is -2.31. The smallest absolute Gasteiger partial charge is 0.337 e. The van der Waals surface area contributed by atoms with Crippen molar-refractivity contribution in [1.82, 2.24) is 29.9 Å². The summed E-state index contributed by atoms with van der Waals surface area (Å²) in [4.78, 5) is 25.6. The molecule has 0 aliphatic carbocycles. The van der Waals surface area contributed by atoms with Gasteiger partial charge in [0.15, 0.2) is 0 Å². The summed E-state index contributed by atoms with van der Waals surface area (Å²) >= 11 is 0. The Labute approximate surface area is 121 Å². The Morgan fingerprint density at radius 3 is 2.57 bits per heavy atom. The third kappa shape index (κ3) is 2.37. The lowest BCUT2D eigenvalue weighted by Crippen LogP contribution is -2.39. The van der Waals surface area contributed by atoms with Gasteiger partial charge in [-0.05, 0) is 25.3 Å². The predicted octanol–water partition coefficient (Wildman–Crippen LogP) is 0.160. The summed E-state index contributed by atoms with van der Waals surface area (Å²) in [7, 11) is 1.71. The maximum atomic E-state index is 12.4. The molecule has 0 unspecified atom stereocenters. The first-order valence-corrected chi connectivity index (χ1v) is 6.98. The number of hydrogen-bond donors (Lipinski definition) is 2. The lowest BCUT2D eigenvalue weighted by atomic mass is 9.95. The van der Waals surface area contributed by atoms with E-state index in [1.54, 1.807) is 17.8 Å². The molecule has 8 heteroatoms. The first-order chi connectivity index (χ1) is 10.1. The van der Waals surface area contributed by atoms with Gasteiger partial charge < -0.3 is 4.90 Å². The average molecular weight is 290 g/mol. The van der Waals surface area contributed by atoms with E-state index in [9.17, 15) is 9.59 Å². The molecule has 2 aromatic rings. The second-order valence-corrected chi connectivity index (χ2v) is 5.44. The highest BCUT2D eigenvalue weighted by Crippen LogP contribution is 2.26. The number of H-pyrrole nitrogens is 2. The van der Waals surface area contributed by atoms with Gasteiger partial charge in [-0.25, -0.2) is 9.89 Å². The van der Waals surface area contributed by atoms with Gasteiger partial charge >= 0.3 is 5.69 Å². The first kappa shape index (κ1) is 13.6. The largest absolute Gasteiger partial charge is 0.343 e. The highest BCUT2D eigenvalue weighted by atomic mass is 16.2. The van der Waals surface area contributed by atoms with Crippen LogP contribution in [0.2, 0.25) is 0 Å². The summed E-state index contributed by atoms with van der Waals surface area (Å²) < 4.78 is 1.54. The number of piperidine rings is 1. The second kappa shape index (κ2) is 5.19. The van der Waals surface area contributed by atoms with Gasteiger partial charge in [-0.2, -0.15) is 10.2 Å². The van der Waals surface area contributed by atoms with Gasteiger partial charge in [0, 0.05) is 26.1 Å². The Morgan fingerprint density at radius 1 is 1.33 bits per heavy atom. The van der Waals surface area contributed by atoms with Gasteiger partial charge in [0.05, 0.1) is 6.20 Å². The summed E-state index contributed by atoms with van der Waals surface area (Å²) in [6.45, 7) is 3.18. The Hall–Kier alpha value is -2.38. The van der Waals surface area contributed by atoms with E-state index in [-0.39, 0.29) is 17.5 Å². The molecule has 1 saturated heterocycles. The van der Waals surface area contributed by atoms with E-state index in [4.69, 9.17) is 0 Å². The van der Waals surface area contributed by atoms with Crippen molar-refractivity contribution in [2.24, 2.45) is 7.05 Å². The van der Waals surface area contributed by atoms with E-state index in [0.717, 1.165) is 24.2 Å². The molecule has 21 heavy (non-hydrogen) atoms. The number of carbonyl (C=O) groups is 1. The maximum absolute atomic E-state index is 12.4. The van der Waals surface area contributed by atoms with Gasteiger partial charge in [0.25, 0.3) is 5.91 Å². The number of nitrogens with zero attached hydrogens (tertiary/aromatic N) is 4. The second-order valence-electron chi connectivity index (χ2n) is 5.44. The van der Waals surface area contributed by atoms with E-state index in [0.29, 0.717) is 18.8 Å². The van der Waals surface area contributed by atoms with Crippen LogP contribution in [0.4, 0.5) is 0 Å². The molecular formula is C13H18N6O2. The zero-order chi connectivity index (χ0) is 15.0. The third-order valence-electron chi connectivity index (χ3n) is 4.10. The lowest BCUT2D eigenvalue weighted by molar-refractivity contribution is 0.0703. The molecule has 0 spiro atoms. The number of amides is 1. The van der Waals surface area contributed by atoms with Crippen molar-refractivity contribution in [3.8, 4) is 0 Å². The molecule has 8 nitrogen and oxygen atoms in total. The molecule has 3 rings (SSSR count). The minimum Gasteiger partial charge on any atom is -0.337 e. The SMILES string of the molecule is Cc1cn[nH]c1C(=O)N1CCC(c2n[nH]c(=O)n2C)CC1. The molecule has 3 heterocycles. The predicted molar refractivity (Wildman–Crippen MR) is 75.0 cm³/mol. The van der Waals surface area contributed by atoms with Crippen molar-refractivity contribution in [1.29, 1.82) is 0 Å². The fourth-order valence-electron chi connectivity index (χ4n) is 2.79. The van der Waals surface area contributed by atoms with Crippen molar-refractivity contribution in [3.63, 3.8) is 0 Å². The number of likely N-dealkylation sites (tertiary alicyclic amines) is 1. The number of aromatic amines is 2. The van der Waals surface area contributed by atoms with Crippen LogP contribution in [0, 0.1) is 6.92 Å². The van der Waals surface area contributed by atoms with Gasteiger partial charge in [-0.15, -0.1) is 0 Å². The minimum atomic E-state index is -0.198. The quantitative estimate of drug-likeness (QED) is 0.823. The number of nitrogens with one attached hydrogen (secondary N) is 2. The third-order valence-corrected chi connectivity index (χ3v) is 4.10. The fourth-order valence-corrected chi connectivity index (χ4v) is 2.79. The zero-order valence-electron chi connectivity index (χ0n) is 12.1. The van der Waals surface area contributed by atoms with Crippen molar-refractivity contribution in [2.75, 3.05) is 13.1 Å². The standard InChI is InChI=1S/C13H18N6O2/c1-8-7-14-15-10(8)12(20)19-5-3-9(4-6-19)11-16-17-13(21)18(11)2/h7,9H,3-6H2,1-2H3,(H,14,15)(H,17,21). The molecule has 0 bridgehead atoms. The molecule has 1 aliphatic rings. The Bertz CT molecular complexity index is 704. The van der Waals surface area contributed by atoms with Crippen LogP contribution >= 0.6 is 0 Å². The van der Waals surface area contributed by atoms with Gasteiger partial charge in [0.2, 0.25) is 0 Å². The number of rotatable bonds is 2. The van der Waals surface area contributed by atoms with Crippen LogP contribution in [0.25, 0.3) is 0 Å². The molecule has 0 radical (unpaired) electrons. The summed E-state index contributed by atoms with van der Waals surface area (Å²) in [6, 6.07) is 0. The normalized spacial score (nSPS) is 16.4. The molecule has 2 N–H and O–H groups in total. The fraction of sp³-hybridized carbons (Fsp3) is 0.538. The number of carbonyl (C=O) groups excluding carboxylic acids is 1. The molecule has 1 fully saturated rings. The van der Waals surface area contributed by atoms with Crippen LogP contribution in [-0.4, -0.2) is 48.9 Å². The van der Waals surface area contributed by atoms with Crippen LogP contribution in [0.5, 0.6) is 0 Å². The van der Waals surface area contributed by atoms with Crippen LogP contribution in [0.1, 0.15) is 40.6 Å². The Morgan fingerprint density at radius 2 is 2.05 bits per heavy atom. The van der Waals surface area contributed by atoms with E-state index in [1.807, 2.05) is 11.8 Å². The van der Waals surface area contributed by atoms with E-state index in [2.05, 4.69) is 20.4 Å². The number of aromatic nitrogens is 5. The summed E-state index contributed by atoms with van der Waals surface area (Å²) in [5, 5.41) is 13.2. The molecule has 1 amide bonds. The molecule has 1 aliphatic heterocycles. The molecule has 0 aromatic carbocycles. The first-order valence-electron chi connectivity index (χ1n) is 6.98. The van der Waals surface area contributed by atoms with Crippen LogP contribution in [0.3, 0.4) is 0 Å². The molecule has 2 aromatic heterocycles. The topological polar surface area (TPSA) is 99.7 Å². The van der Waals surface area contributed by atoms with Crippen molar-refractivity contribution in [3.05, 3.63) is 33.8 Å². The molecular weight excluding hydrogens is 272 g/mol. The summed E-state index contributed by atoms with van der Waals surface area (Å²) in [6.07, 6.45) is 3.26. The van der Waals surface area contributed by atoms with Crippen molar-refractivity contribution >= 4 is 5.91 Å². The van der Waals surface area contributed by atoms with Gasteiger partial charge in [0.1, 0.15) is 11.5 Å². The Balaban J connectivity index is 1.68. The van der Waals surface area contributed by atoms with E-state index < -0.39 is 0 Å². The van der Waals surface area contributed by atoms with Crippen LogP contribution in [-0.2, 0) is 7.05 Å². The average Bonchev–Trinajstić information content (AvgIpc) is 3.06. The monoisotopic (exact) mass is 290 g/mol. The highest BCUT2D eigenvalue weighted by Gasteiger charge is 2.28. The Kier molecular flexibility index (Phi) is 3.36. The zero-order valence-corrected chi connectivity index (χ0v) is 12.1. The van der Waals surface area contributed by atoms with Gasteiger partial charge in [-0.1, -0.05) is 0 Å². The van der Waals surface area contributed by atoms with Gasteiger partial charge in [-0.3, -0.25) is 14.5 Å². The summed E-state index contributed by atoms with van der Waals surface area (Å²) in [5.41, 5.74) is 1.22. The van der Waals surface area contributed by atoms with Crippen LogP contribution < -0.4 is 5.69 Å². The summed E-state index contributed by atoms with van der Waals surface area (Å²) in [5.74, 6) is 0.963. The van der Waals surface area contributed by atoms with E-state index in [1.165, 1.54) is 0 Å².